The molecule has 0 saturated carbocycles. The van der Waals surface area contributed by atoms with E-state index in [2.05, 4.69) is 41.0 Å². The third-order valence-corrected chi connectivity index (χ3v) is 4.97. The van der Waals surface area contributed by atoms with Crippen molar-refractivity contribution in [3.8, 4) is 16.9 Å². The van der Waals surface area contributed by atoms with Crippen LogP contribution in [-0.4, -0.2) is 26.2 Å². The van der Waals surface area contributed by atoms with Crippen LogP contribution in [0.15, 0.2) is 42.5 Å². The highest BCUT2D eigenvalue weighted by molar-refractivity contribution is 5.78. The molecule has 2 aliphatic rings. The molecule has 1 saturated heterocycles. The summed E-state index contributed by atoms with van der Waals surface area (Å²) < 4.78 is 5.28. The van der Waals surface area contributed by atoms with E-state index in [1.807, 2.05) is 12.1 Å². The Morgan fingerprint density at radius 1 is 1.00 bits per heavy atom. The van der Waals surface area contributed by atoms with E-state index in [0.717, 1.165) is 18.8 Å². The Bertz CT molecular complexity index is 666. The largest absolute Gasteiger partial charge is 0.497 e. The Kier molecular flexibility index (Phi) is 3.51. The van der Waals surface area contributed by atoms with Crippen LogP contribution in [-0.2, 0) is 0 Å². The molecular weight excluding hydrogens is 272 g/mol. The Labute approximate surface area is 131 Å². The first kappa shape index (κ1) is 13.6. The van der Waals surface area contributed by atoms with E-state index in [1.165, 1.54) is 35.2 Å². The van der Waals surface area contributed by atoms with Gasteiger partial charge >= 0.3 is 0 Å². The van der Waals surface area contributed by atoms with E-state index in [4.69, 9.17) is 4.74 Å². The molecule has 2 heterocycles. The quantitative estimate of drug-likeness (QED) is 0.887. The van der Waals surface area contributed by atoms with Crippen LogP contribution in [0.3, 0.4) is 0 Å². The van der Waals surface area contributed by atoms with Crippen molar-refractivity contribution in [2.75, 3.05) is 25.5 Å². The standard InChI is InChI=1S/C19H22N2O/c1-22-14-7-5-13(6-8-14)15-3-2-4-18-19(15)16-9-11-20-12-10-17(16)21-18/h2-8,16-17,20-21H,9-12H2,1H3. The summed E-state index contributed by atoms with van der Waals surface area (Å²) in [7, 11) is 1.71. The first-order chi connectivity index (χ1) is 10.9. The second kappa shape index (κ2) is 5.65. The van der Waals surface area contributed by atoms with Crippen molar-refractivity contribution in [1.29, 1.82) is 0 Å². The lowest BCUT2D eigenvalue weighted by Gasteiger charge is -2.18. The molecule has 0 bridgehead atoms. The number of rotatable bonds is 2. The molecule has 2 unspecified atom stereocenters. The number of ether oxygens (including phenoxy) is 1. The summed E-state index contributed by atoms with van der Waals surface area (Å²) in [4.78, 5) is 0. The molecular formula is C19H22N2O. The van der Waals surface area contributed by atoms with Crippen LogP contribution in [0.2, 0.25) is 0 Å². The van der Waals surface area contributed by atoms with E-state index in [1.54, 1.807) is 7.11 Å². The van der Waals surface area contributed by atoms with Crippen molar-refractivity contribution in [2.24, 2.45) is 0 Å². The summed E-state index contributed by atoms with van der Waals surface area (Å²) in [6, 6.07) is 15.6. The van der Waals surface area contributed by atoms with E-state index >= 15 is 0 Å². The van der Waals surface area contributed by atoms with Crippen molar-refractivity contribution < 1.29 is 4.74 Å². The van der Waals surface area contributed by atoms with Gasteiger partial charge in [-0.1, -0.05) is 24.3 Å². The fourth-order valence-electron chi connectivity index (χ4n) is 3.87. The number of benzene rings is 2. The van der Waals surface area contributed by atoms with Gasteiger partial charge in [0.1, 0.15) is 5.75 Å². The number of hydrogen-bond donors (Lipinski definition) is 2. The minimum atomic E-state index is 0.574. The molecule has 3 heteroatoms. The van der Waals surface area contributed by atoms with Gasteiger partial charge in [-0.3, -0.25) is 0 Å². The van der Waals surface area contributed by atoms with Crippen LogP contribution in [0.25, 0.3) is 11.1 Å². The van der Waals surface area contributed by atoms with Gasteiger partial charge in [0.2, 0.25) is 0 Å². The predicted molar refractivity (Wildman–Crippen MR) is 90.7 cm³/mol. The fourth-order valence-corrected chi connectivity index (χ4v) is 3.87. The van der Waals surface area contributed by atoms with E-state index < -0.39 is 0 Å². The van der Waals surface area contributed by atoms with Crippen LogP contribution in [0.4, 0.5) is 5.69 Å². The van der Waals surface area contributed by atoms with Gasteiger partial charge in [-0.15, -0.1) is 0 Å². The molecule has 1 fully saturated rings. The first-order valence-corrected chi connectivity index (χ1v) is 8.11. The third kappa shape index (κ3) is 2.26. The molecule has 0 aromatic heterocycles. The Morgan fingerprint density at radius 2 is 1.82 bits per heavy atom. The van der Waals surface area contributed by atoms with Gasteiger partial charge in [0, 0.05) is 17.6 Å². The zero-order valence-electron chi connectivity index (χ0n) is 12.9. The highest BCUT2D eigenvalue weighted by Gasteiger charge is 2.34. The monoisotopic (exact) mass is 294 g/mol. The molecule has 2 aromatic carbocycles. The third-order valence-electron chi connectivity index (χ3n) is 4.97. The van der Waals surface area contributed by atoms with Gasteiger partial charge in [0.05, 0.1) is 7.11 Å². The van der Waals surface area contributed by atoms with Crippen molar-refractivity contribution >= 4 is 5.69 Å². The highest BCUT2D eigenvalue weighted by Crippen LogP contribution is 2.45. The fraction of sp³-hybridized carbons (Fsp3) is 0.368. The first-order valence-electron chi connectivity index (χ1n) is 8.11. The number of methoxy groups -OCH3 is 1. The van der Waals surface area contributed by atoms with E-state index in [0.29, 0.717) is 12.0 Å². The van der Waals surface area contributed by atoms with Crippen LogP contribution in [0, 0.1) is 0 Å². The summed E-state index contributed by atoms with van der Waals surface area (Å²) >= 11 is 0. The summed E-state index contributed by atoms with van der Waals surface area (Å²) in [5.41, 5.74) is 5.46. The van der Waals surface area contributed by atoms with Gasteiger partial charge in [-0.25, -0.2) is 0 Å². The minimum Gasteiger partial charge on any atom is -0.497 e. The van der Waals surface area contributed by atoms with Gasteiger partial charge in [0.15, 0.2) is 0 Å². The lowest BCUT2D eigenvalue weighted by atomic mass is 9.86. The zero-order chi connectivity index (χ0) is 14.9. The van der Waals surface area contributed by atoms with Crippen LogP contribution in [0.5, 0.6) is 5.75 Å². The second-order valence-electron chi connectivity index (χ2n) is 6.18. The van der Waals surface area contributed by atoms with Crippen molar-refractivity contribution in [3.63, 3.8) is 0 Å². The Morgan fingerprint density at radius 3 is 2.64 bits per heavy atom. The average Bonchev–Trinajstić information content (AvgIpc) is 2.76. The molecule has 2 N–H and O–H groups in total. The van der Waals surface area contributed by atoms with Gasteiger partial charge in [0.25, 0.3) is 0 Å². The molecule has 0 spiro atoms. The smallest absolute Gasteiger partial charge is 0.118 e. The van der Waals surface area contributed by atoms with Crippen LogP contribution >= 0.6 is 0 Å². The number of hydrogen-bond acceptors (Lipinski definition) is 3. The topological polar surface area (TPSA) is 33.3 Å². The maximum atomic E-state index is 5.28. The van der Waals surface area contributed by atoms with Crippen molar-refractivity contribution in [2.45, 2.75) is 24.8 Å². The molecule has 0 aliphatic carbocycles. The normalized spacial score (nSPS) is 23.1. The molecule has 2 atom stereocenters. The van der Waals surface area contributed by atoms with Gasteiger partial charge < -0.3 is 15.4 Å². The van der Waals surface area contributed by atoms with Crippen molar-refractivity contribution in [1.82, 2.24) is 5.32 Å². The second-order valence-corrected chi connectivity index (χ2v) is 6.18. The molecule has 3 nitrogen and oxygen atoms in total. The van der Waals surface area contributed by atoms with Crippen molar-refractivity contribution in [3.05, 3.63) is 48.0 Å². The molecule has 2 aromatic rings. The van der Waals surface area contributed by atoms with E-state index in [9.17, 15) is 0 Å². The van der Waals surface area contributed by atoms with E-state index in [-0.39, 0.29) is 0 Å². The molecule has 2 aliphatic heterocycles. The maximum Gasteiger partial charge on any atom is 0.118 e. The molecule has 22 heavy (non-hydrogen) atoms. The summed E-state index contributed by atoms with van der Waals surface area (Å²) in [5.74, 6) is 1.52. The van der Waals surface area contributed by atoms with Crippen LogP contribution < -0.4 is 15.4 Å². The lowest BCUT2D eigenvalue weighted by Crippen LogP contribution is -2.21. The SMILES string of the molecule is COc1ccc(-c2cccc3c2C2CCNCCC2N3)cc1. The summed E-state index contributed by atoms with van der Waals surface area (Å²) in [5, 5.41) is 7.27. The number of fused-ring (bicyclic) bond motifs is 3. The Balaban J connectivity index is 1.77. The molecule has 4 rings (SSSR count). The Hall–Kier alpha value is -2.00. The maximum absolute atomic E-state index is 5.28. The average molecular weight is 294 g/mol. The lowest BCUT2D eigenvalue weighted by molar-refractivity contribution is 0.415. The molecule has 0 radical (unpaired) electrons. The zero-order valence-corrected chi connectivity index (χ0v) is 12.9. The van der Waals surface area contributed by atoms with Gasteiger partial charge in [-0.05, 0) is 60.8 Å². The summed E-state index contributed by atoms with van der Waals surface area (Å²) in [6.07, 6.45) is 2.40. The molecule has 114 valence electrons. The highest BCUT2D eigenvalue weighted by atomic mass is 16.5. The van der Waals surface area contributed by atoms with Gasteiger partial charge in [-0.2, -0.15) is 0 Å². The summed E-state index contributed by atoms with van der Waals surface area (Å²) in [6.45, 7) is 2.22. The number of anilines is 1. The number of nitrogens with one attached hydrogen (secondary N) is 2. The minimum absolute atomic E-state index is 0.574. The van der Waals surface area contributed by atoms with Crippen LogP contribution in [0.1, 0.15) is 24.3 Å². The molecule has 0 amide bonds. The predicted octanol–water partition coefficient (Wildman–Crippen LogP) is 3.62.